The number of hydrogen-bond acceptors (Lipinski definition) is 4. The fourth-order valence-corrected chi connectivity index (χ4v) is 6.20. The van der Waals surface area contributed by atoms with Gasteiger partial charge < -0.3 is 10.6 Å². The zero-order valence-electron chi connectivity index (χ0n) is 27.8. The Morgan fingerprint density at radius 2 is 1.44 bits per heavy atom. The van der Waals surface area contributed by atoms with Crippen molar-refractivity contribution in [2.24, 2.45) is 0 Å². The fraction of sp³-hybridized carbons (Fsp3) is 0.359. The van der Waals surface area contributed by atoms with Crippen molar-refractivity contribution in [3.05, 3.63) is 116 Å². The van der Waals surface area contributed by atoms with Gasteiger partial charge >= 0.3 is 0 Å². The molecular weight excluding hydrogens is 622 g/mol. The van der Waals surface area contributed by atoms with Crippen LogP contribution in [0.4, 0.5) is 17.2 Å². The third-order valence-electron chi connectivity index (χ3n) is 8.69. The van der Waals surface area contributed by atoms with E-state index in [1.54, 1.807) is 36.5 Å². The lowest BCUT2D eigenvalue weighted by Gasteiger charge is -2.12. The molecule has 5 rings (SSSR count). The highest BCUT2D eigenvalue weighted by Crippen LogP contribution is 2.30. The molecule has 0 radical (unpaired) electrons. The monoisotopic (exact) mass is 667 g/mol. The molecule has 0 bridgehead atoms. The number of pyridine rings is 1. The van der Waals surface area contributed by atoms with Crippen LogP contribution < -0.4 is 21.8 Å². The highest BCUT2D eigenvalue weighted by atomic mass is 35.5. The van der Waals surface area contributed by atoms with Crippen LogP contribution >= 0.6 is 11.6 Å². The molecule has 0 aliphatic rings. The van der Waals surface area contributed by atoms with E-state index in [4.69, 9.17) is 11.6 Å². The number of fused-ring (bicyclic) bond motifs is 1. The molecule has 3 N–H and O–H groups in total. The predicted octanol–water partition coefficient (Wildman–Crippen LogP) is 9.57. The summed E-state index contributed by atoms with van der Waals surface area (Å²) in [4.78, 5) is 40.3. The molecule has 48 heavy (non-hydrogen) atoms. The summed E-state index contributed by atoms with van der Waals surface area (Å²) in [5.74, 6) is 0.254. The lowest BCUT2D eigenvalue weighted by atomic mass is 10.1. The van der Waals surface area contributed by atoms with Gasteiger partial charge in [0.2, 0.25) is 5.91 Å². The van der Waals surface area contributed by atoms with Gasteiger partial charge in [-0.15, -0.1) is 0 Å². The molecule has 0 aliphatic heterocycles. The van der Waals surface area contributed by atoms with E-state index in [9.17, 15) is 14.4 Å². The number of benzene rings is 3. The fourth-order valence-electron chi connectivity index (χ4n) is 6.03. The minimum Gasteiger partial charge on any atom is -0.337 e. The number of nitrogens with one attached hydrogen (secondary N) is 3. The van der Waals surface area contributed by atoms with Crippen LogP contribution in [0.1, 0.15) is 89.5 Å². The van der Waals surface area contributed by atoms with E-state index < -0.39 is 0 Å². The van der Waals surface area contributed by atoms with Crippen LogP contribution in [0.5, 0.6) is 0 Å². The van der Waals surface area contributed by atoms with Crippen molar-refractivity contribution in [1.29, 1.82) is 0 Å². The maximum atomic E-state index is 13.9. The van der Waals surface area contributed by atoms with Gasteiger partial charge in [0, 0.05) is 23.7 Å². The third-order valence-corrected chi connectivity index (χ3v) is 9.02. The molecule has 0 fully saturated rings. The number of H-pyrrole nitrogens is 1. The molecule has 8 nitrogen and oxygen atoms in total. The number of nitrogens with zero attached hydrogens (tertiary/aromatic N) is 2. The summed E-state index contributed by atoms with van der Waals surface area (Å²) in [5, 5.41) is 11.1. The average Bonchev–Trinajstić information content (AvgIpc) is 3.39. The molecule has 9 heteroatoms. The van der Waals surface area contributed by atoms with Crippen LogP contribution in [0.25, 0.3) is 16.5 Å². The summed E-state index contributed by atoms with van der Waals surface area (Å²) >= 11 is 6.61. The minimum atomic E-state index is -0.369. The molecule has 252 valence electrons. The highest BCUT2D eigenvalue weighted by molar-refractivity contribution is 6.33. The van der Waals surface area contributed by atoms with Crippen LogP contribution in [0.15, 0.2) is 94.6 Å². The number of amides is 1. The summed E-state index contributed by atoms with van der Waals surface area (Å²) in [7, 11) is 0. The van der Waals surface area contributed by atoms with Crippen molar-refractivity contribution >= 4 is 45.5 Å². The molecule has 0 saturated heterocycles. The van der Waals surface area contributed by atoms with Crippen molar-refractivity contribution in [1.82, 2.24) is 14.3 Å². The number of carbonyl (C=O) groups is 1. The molecule has 0 spiro atoms. The largest absolute Gasteiger partial charge is 0.337 e. The van der Waals surface area contributed by atoms with Crippen molar-refractivity contribution < 1.29 is 4.79 Å². The van der Waals surface area contributed by atoms with Gasteiger partial charge in [-0.05, 0) is 47.7 Å². The number of unbranched alkanes of at least 4 members (excludes halogenated alkanes) is 10. The Bertz CT molecular complexity index is 1910. The summed E-state index contributed by atoms with van der Waals surface area (Å²) in [6.45, 7) is 2.52. The van der Waals surface area contributed by atoms with E-state index in [0.717, 1.165) is 30.2 Å². The maximum absolute atomic E-state index is 13.9. The normalized spacial score (nSPS) is 11.2. The second-order valence-electron chi connectivity index (χ2n) is 12.4. The lowest BCUT2D eigenvalue weighted by Crippen LogP contribution is -2.26. The van der Waals surface area contributed by atoms with E-state index in [-0.39, 0.29) is 29.3 Å². The zero-order chi connectivity index (χ0) is 33.7. The first-order valence-electron chi connectivity index (χ1n) is 17.3. The van der Waals surface area contributed by atoms with Crippen LogP contribution in [-0.2, 0) is 11.3 Å². The van der Waals surface area contributed by atoms with Crippen LogP contribution in [0, 0.1) is 0 Å². The summed E-state index contributed by atoms with van der Waals surface area (Å²) in [6, 6.07) is 23.9. The lowest BCUT2D eigenvalue weighted by molar-refractivity contribution is -0.116. The van der Waals surface area contributed by atoms with Gasteiger partial charge in [-0.3, -0.25) is 24.0 Å². The molecule has 5 aromatic rings. The van der Waals surface area contributed by atoms with Gasteiger partial charge in [0.15, 0.2) is 11.5 Å². The Labute approximate surface area is 287 Å². The average molecular weight is 668 g/mol. The molecule has 0 saturated carbocycles. The number of hydrogen-bond donors (Lipinski definition) is 3. The molecule has 0 unspecified atom stereocenters. The molecule has 2 aromatic heterocycles. The maximum Gasteiger partial charge on any atom is 0.293 e. The van der Waals surface area contributed by atoms with Gasteiger partial charge in [0.25, 0.3) is 11.1 Å². The van der Waals surface area contributed by atoms with Crippen molar-refractivity contribution in [3.63, 3.8) is 0 Å². The number of carbonyl (C=O) groups excluding carboxylic acids is 1. The molecule has 0 aliphatic carbocycles. The first-order chi connectivity index (χ1) is 23.4. The number of aromatic nitrogens is 3. The molecule has 1 amide bonds. The zero-order valence-corrected chi connectivity index (χ0v) is 28.5. The number of aromatic amines is 1. The second-order valence-corrected chi connectivity index (χ2v) is 12.9. The molecular formula is C39H46ClN5O3. The predicted molar refractivity (Wildman–Crippen MR) is 198 cm³/mol. The number of rotatable bonds is 18. The van der Waals surface area contributed by atoms with Crippen LogP contribution in [0.2, 0.25) is 5.02 Å². The topological polar surface area (TPSA) is 101 Å². The van der Waals surface area contributed by atoms with Gasteiger partial charge in [-0.25, -0.2) is 4.68 Å². The van der Waals surface area contributed by atoms with Crippen molar-refractivity contribution in [2.75, 3.05) is 10.6 Å². The first kappa shape index (κ1) is 34.8. The molecule has 2 heterocycles. The smallest absolute Gasteiger partial charge is 0.293 e. The van der Waals surface area contributed by atoms with E-state index >= 15 is 0 Å². The summed E-state index contributed by atoms with van der Waals surface area (Å²) in [5.41, 5.74) is 1.45. The van der Waals surface area contributed by atoms with Gasteiger partial charge in [0.05, 0.1) is 17.3 Å². The molecule has 3 aromatic carbocycles. The summed E-state index contributed by atoms with van der Waals surface area (Å²) in [6.07, 6.45) is 15.6. The van der Waals surface area contributed by atoms with E-state index in [1.165, 1.54) is 60.6 Å². The Morgan fingerprint density at radius 1 is 0.771 bits per heavy atom. The highest BCUT2D eigenvalue weighted by Gasteiger charge is 2.20. The standard InChI is InChI=1S/C39H46ClN5O3/c1-2-3-4-5-6-7-8-9-10-11-15-22-35(46)41-31-23-24-33(40)34(27-31)42-37-36(39(48)45(43-37)28-29-18-13-12-14-19-29)44-26-25-30-20-16-17-21-32(30)38(44)47/h12-14,16-21,23-27,42-43H,2-11,15,22,28H2,1H3,(H,41,46). The van der Waals surface area contributed by atoms with Crippen molar-refractivity contribution in [2.45, 2.75) is 90.5 Å². The van der Waals surface area contributed by atoms with Crippen molar-refractivity contribution in [3.8, 4) is 5.69 Å². The second kappa shape index (κ2) is 17.6. The number of halogens is 1. The SMILES string of the molecule is CCCCCCCCCCCCCC(=O)Nc1ccc(Cl)c(Nc2[nH]n(Cc3ccccc3)c(=O)c2-n2ccc3ccccc3c2=O)c1. The Hall–Kier alpha value is -4.56. The minimum absolute atomic E-state index is 0.0509. The quantitative estimate of drug-likeness (QED) is 0.0810. The third kappa shape index (κ3) is 9.28. The first-order valence-corrected chi connectivity index (χ1v) is 17.7. The summed E-state index contributed by atoms with van der Waals surface area (Å²) < 4.78 is 2.82. The van der Waals surface area contributed by atoms with Crippen LogP contribution in [0.3, 0.4) is 0 Å². The number of anilines is 3. The Morgan fingerprint density at radius 3 is 2.17 bits per heavy atom. The van der Waals surface area contributed by atoms with E-state index in [2.05, 4.69) is 22.7 Å². The Balaban J connectivity index is 1.27. The van der Waals surface area contributed by atoms with E-state index in [0.29, 0.717) is 34.0 Å². The van der Waals surface area contributed by atoms with Gasteiger partial charge in [-0.2, -0.15) is 0 Å². The van der Waals surface area contributed by atoms with E-state index in [1.807, 2.05) is 48.5 Å². The molecule has 0 atom stereocenters. The van der Waals surface area contributed by atoms with Gasteiger partial charge in [0.1, 0.15) is 0 Å². The Kier molecular flexibility index (Phi) is 12.7. The van der Waals surface area contributed by atoms with Crippen LogP contribution in [-0.4, -0.2) is 20.3 Å². The van der Waals surface area contributed by atoms with Gasteiger partial charge in [-0.1, -0.05) is 131 Å².